The van der Waals surface area contributed by atoms with Gasteiger partial charge in [-0.3, -0.25) is 4.98 Å². The molecule has 5 heteroatoms. The lowest BCUT2D eigenvalue weighted by molar-refractivity contribution is 0.381. The maximum atomic E-state index is 5.56. The molecule has 1 atom stereocenters. The molecule has 0 aliphatic carbocycles. The maximum absolute atomic E-state index is 5.56. The highest BCUT2D eigenvalue weighted by Crippen LogP contribution is 2.16. The van der Waals surface area contributed by atoms with E-state index in [0.29, 0.717) is 16.9 Å². The van der Waals surface area contributed by atoms with Crippen molar-refractivity contribution >= 4 is 22.8 Å². The van der Waals surface area contributed by atoms with E-state index in [9.17, 15) is 0 Å². The number of pyridine rings is 1. The first-order valence-corrected chi connectivity index (χ1v) is 7.59. The highest BCUT2D eigenvalue weighted by Gasteiger charge is 2.04. The third kappa shape index (κ3) is 5.53. The molecule has 2 aromatic rings. The molecular formula is C16H27N5. The second-order valence-corrected chi connectivity index (χ2v) is 5.70. The van der Waals surface area contributed by atoms with Gasteiger partial charge in [0, 0.05) is 6.20 Å². The molecule has 0 aliphatic heterocycles. The largest absolute Gasteiger partial charge is 0.382 e. The van der Waals surface area contributed by atoms with Crippen LogP contribution in [0.2, 0.25) is 0 Å². The van der Waals surface area contributed by atoms with Crippen LogP contribution in [0, 0.1) is 11.8 Å². The van der Waals surface area contributed by atoms with E-state index >= 15 is 0 Å². The number of unbranched alkanes of at least 4 members (excludes halogenated alkanes) is 1. The van der Waals surface area contributed by atoms with Crippen LogP contribution in [0.25, 0.3) is 11.0 Å². The average molecular weight is 289 g/mol. The van der Waals surface area contributed by atoms with Gasteiger partial charge in [-0.15, -0.1) is 0 Å². The zero-order valence-electron chi connectivity index (χ0n) is 13.5. The Labute approximate surface area is 127 Å². The van der Waals surface area contributed by atoms with Crippen LogP contribution in [0.1, 0.15) is 47.0 Å². The van der Waals surface area contributed by atoms with Crippen molar-refractivity contribution in [3.05, 3.63) is 18.3 Å². The average Bonchev–Trinajstić information content (AvgIpc) is 2.45. The van der Waals surface area contributed by atoms with Crippen molar-refractivity contribution in [3.63, 3.8) is 0 Å². The summed E-state index contributed by atoms with van der Waals surface area (Å²) in [5, 5.41) is 0. The summed E-state index contributed by atoms with van der Waals surface area (Å²) in [5.41, 5.74) is 12.2. The summed E-state index contributed by atoms with van der Waals surface area (Å²) in [5.74, 6) is 2.28. The standard InChI is InChI=1S/C9H20.C7H7N5/c1-5-6-7-9(4)8(2)3;8-6-5-4(2-1-3-10-5)11-7(9)12-6/h8-9H,5-7H2,1-4H3;1-3H,(H4,8,9,11,12). The molecule has 2 rings (SSSR count). The molecule has 0 fully saturated rings. The fraction of sp³-hybridized carbons (Fsp3) is 0.562. The minimum atomic E-state index is 0.174. The van der Waals surface area contributed by atoms with Crippen LogP contribution in [0.4, 0.5) is 11.8 Å². The Kier molecular flexibility index (Phi) is 6.85. The van der Waals surface area contributed by atoms with E-state index in [1.54, 1.807) is 18.3 Å². The molecule has 0 aromatic carbocycles. The number of hydrogen-bond acceptors (Lipinski definition) is 5. The third-order valence-electron chi connectivity index (χ3n) is 3.65. The van der Waals surface area contributed by atoms with Crippen LogP contribution in [0.5, 0.6) is 0 Å². The van der Waals surface area contributed by atoms with Gasteiger partial charge in [-0.05, 0) is 24.0 Å². The highest BCUT2D eigenvalue weighted by atomic mass is 15.0. The molecule has 2 heterocycles. The number of nitrogen functional groups attached to an aromatic ring is 2. The second kappa shape index (κ2) is 8.39. The minimum Gasteiger partial charge on any atom is -0.382 e. The van der Waals surface area contributed by atoms with Crippen LogP contribution in [0.3, 0.4) is 0 Å². The highest BCUT2D eigenvalue weighted by molar-refractivity contribution is 5.84. The Morgan fingerprint density at radius 1 is 1.14 bits per heavy atom. The van der Waals surface area contributed by atoms with E-state index in [1.807, 2.05) is 0 Å². The zero-order valence-corrected chi connectivity index (χ0v) is 13.5. The molecule has 0 amide bonds. The molecule has 0 bridgehead atoms. The van der Waals surface area contributed by atoms with E-state index in [-0.39, 0.29) is 5.95 Å². The first-order chi connectivity index (χ1) is 9.95. The van der Waals surface area contributed by atoms with E-state index < -0.39 is 0 Å². The monoisotopic (exact) mass is 289 g/mol. The smallest absolute Gasteiger partial charge is 0.222 e. The van der Waals surface area contributed by atoms with Gasteiger partial charge in [-0.2, -0.15) is 4.98 Å². The van der Waals surface area contributed by atoms with Crippen molar-refractivity contribution in [2.75, 3.05) is 11.5 Å². The molecule has 0 saturated heterocycles. The molecule has 0 spiro atoms. The van der Waals surface area contributed by atoms with E-state index in [2.05, 4.69) is 42.6 Å². The Balaban J connectivity index is 0.000000222. The van der Waals surface area contributed by atoms with Gasteiger partial charge in [-0.1, -0.05) is 47.0 Å². The third-order valence-corrected chi connectivity index (χ3v) is 3.65. The first-order valence-electron chi connectivity index (χ1n) is 7.59. The molecule has 2 aromatic heterocycles. The summed E-state index contributed by atoms with van der Waals surface area (Å²) in [4.78, 5) is 11.8. The van der Waals surface area contributed by atoms with Gasteiger partial charge in [0.15, 0.2) is 5.82 Å². The van der Waals surface area contributed by atoms with Crippen LogP contribution in [-0.2, 0) is 0 Å². The zero-order chi connectivity index (χ0) is 15.8. The Morgan fingerprint density at radius 2 is 1.86 bits per heavy atom. The number of nitrogens with zero attached hydrogens (tertiary/aromatic N) is 3. The predicted octanol–water partition coefficient (Wildman–Crippen LogP) is 3.66. The molecule has 0 saturated carbocycles. The maximum Gasteiger partial charge on any atom is 0.222 e. The number of fused-ring (bicyclic) bond motifs is 1. The molecular weight excluding hydrogens is 262 g/mol. The van der Waals surface area contributed by atoms with Crippen molar-refractivity contribution in [1.29, 1.82) is 0 Å². The minimum absolute atomic E-state index is 0.174. The fourth-order valence-corrected chi connectivity index (χ4v) is 1.87. The lowest BCUT2D eigenvalue weighted by Gasteiger charge is -2.13. The molecule has 0 radical (unpaired) electrons. The molecule has 4 N–H and O–H groups in total. The van der Waals surface area contributed by atoms with E-state index in [4.69, 9.17) is 11.5 Å². The normalized spacial score (nSPS) is 12.0. The van der Waals surface area contributed by atoms with Crippen LogP contribution >= 0.6 is 0 Å². The van der Waals surface area contributed by atoms with Gasteiger partial charge in [-0.25, -0.2) is 4.98 Å². The van der Waals surface area contributed by atoms with Crippen LogP contribution in [-0.4, -0.2) is 15.0 Å². The summed E-state index contributed by atoms with van der Waals surface area (Å²) >= 11 is 0. The van der Waals surface area contributed by atoms with Gasteiger partial charge in [0.1, 0.15) is 5.52 Å². The molecule has 21 heavy (non-hydrogen) atoms. The number of nitrogens with two attached hydrogens (primary N) is 2. The van der Waals surface area contributed by atoms with Gasteiger partial charge >= 0.3 is 0 Å². The number of rotatable bonds is 4. The summed E-state index contributed by atoms with van der Waals surface area (Å²) in [6.45, 7) is 9.22. The number of anilines is 2. The lowest BCUT2D eigenvalue weighted by atomic mass is 9.93. The van der Waals surface area contributed by atoms with E-state index in [0.717, 1.165) is 11.8 Å². The summed E-state index contributed by atoms with van der Waals surface area (Å²) < 4.78 is 0. The Bertz CT molecular complexity index is 553. The fourth-order valence-electron chi connectivity index (χ4n) is 1.87. The Hall–Kier alpha value is -1.91. The molecule has 0 aliphatic rings. The van der Waals surface area contributed by atoms with Crippen LogP contribution < -0.4 is 11.5 Å². The van der Waals surface area contributed by atoms with Crippen molar-refractivity contribution in [2.45, 2.75) is 47.0 Å². The topological polar surface area (TPSA) is 90.7 Å². The predicted molar refractivity (Wildman–Crippen MR) is 89.7 cm³/mol. The van der Waals surface area contributed by atoms with Gasteiger partial charge in [0.25, 0.3) is 0 Å². The van der Waals surface area contributed by atoms with Gasteiger partial charge in [0.05, 0.1) is 5.52 Å². The van der Waals surface area contributed by atoms with Gasteiger partial charge in [0.2, 0.25) is 5.95 Å². The molecule has 1 unspecified atom stereocenters. The summed E-state index contributed by atoms with van der Waals surface area (Å²) in [7, 11) is 0. The van der Waals surface area contributed by atoms with Crippen LogP contribution in [0.15, 0.2) is 18.3 Å². The van der Waals surface area contributed by atoms with Gasteiger partial charge < -0.3 is 11.5 Å². The quantitative estimate of drug-likeness (QED) is 0.896. The van der Waals surface area contributed by atoms with Crippen molar-refractivity contribution in [1.82, 2.24) is 15.0 Å². The Morgan fingerprint density at radius 3 is 2.48 bits per heavy atom. The van der Waals surface area contributed by atoms with Crippen molar-refractivity contribution in [3.8, 4) is 0 Å². The van der Waals surface area contributed by atoms with Crippen molar-refractivity contribution < 1.29 is 0 Å². The second-order valence-electron chi connectivity index (χ2n) is 5.70. The molecule has 116 valence electrons. The molecule has 5 nitrogen and oxygen atoms in total. The number of hydrogen-bond donors (Lipinski definition) is 2. The lowest BCUT2D eigenvalue weighted by Crippen LogP contribution is -2.02. The number of aromatic nitrogens is 3. The first kappa shape index (κ1) is 17.1. The van der Waals surface area contributed by atoms with Crippen molar-refractivity contribution in [2.24, 2.45) is 11.8 Å². The SMILES string of the molecule is CCCCC(C)C(C)C.Nc1nc(N)c2ncccc2n1. The van der Waals surface area contributed by atoms with E-state index in [1.165, 1.54) is 19.3 Å². The summed E-state index contributed by atoms with van der Waals surface area (Å²) in [6.07, 6.45) is 5.79. The summed E-state index contributed by atoms with van der Waals surface area (Å²) in [6, 6.07) is 3.56.